The molecule has 0 aromatic carbocycles. The van der Waals surface area contributed by atoms with Crippen molar-refractivity contribution in [1.29, 1.82) is 0 Å². The smallest absolute Gasteiger partial charge is 0.223 e. The first-order chi connectivity index (χ1) is 8.65. The number of carbonyl (C=O) groups excluding carboxylic acids is 1. The van der Waals surface area contributed by atoms with Crippen LogP contribution in [0.2, 0.25) is 0 Å². The summed E-state index contributed by atoms with van der Waals surface area (Å²) in [5, 5.41) is -0.934. The van der Waals surface area contributed by atoms with Crippen molar-refractivity contribution in [3.05, 3.63) is 47.3 Å². The lowest BCUT2D eigenvalue weighted by Gasteiger charge is -2.02. The molecular formula is C12H9Cl3O3. The average Bonchev–Trinajstić information content (AvgIpc) is 3.05. The van der Waals surface area contributed by atoms with Gasteiger partial charge in [0.2, 0.25) is 5.78 Å². The van der Waals surface area contributed by atoms with Crippen molar-refractivity contribution in [1.82, 2.24) is 0 Å². The summed E-state index contributed by atoms with van der Waals surface area (Å²) >= 11 is 17.2. The summed E-state index contributed by atoms with van der Waals surface area (Å²) in [5.41, 5.74) is 0. The van der Waals surface area contributed by atoms with Crippen LogP contribution in [0.3, 0.4) is 0 Å². The Labute approximate surface area is 119 Å². The molecule has 0 fully saturated rings. The molecule has 0 aliphatic heterocycles. The molecule has 2 rings (SSSR count). The van der Waals surface area contributed by atoms with E-state index in [1.165, 1.54) is 0 Å². The SMILES string of the molecule is O=C(c1ccc(CCl)o1)C(Cl)c1ccc(CCl)o1. The lowest BCUT2D eigenvalue weighted by atomic mass is 10.2. The quantitative estimate of drug-likeness (QED) is 0.603. The minimum absolute atomic E-state index is 0.162. The molecule has 2 aromatic rings. The standard InChI is InChI=1S/C12H9Cl3O3/c13-5-7-1-3-9(17-7)11(15)12(16)10-4-2-8(6-14)18-10/h1-4,11H,5-6H2. The molecule has 96 valence electrons. The van der Waals surface area contributed by atoms with Gasteiger partial charge in [-0.05, 0) is 24.3 Å². The molecule has 0 N–H and O–H groups in total. The third-order valence-corrected chi connectivity index (χ3v) is 3.27. The molecule has 0 saturated carbocycles. The van der Waals surface area contributed by atoms with Crippen LogP contribution in [0.25, 0.3) is 0 Å². The Balaban J connectivity index is 2.17. The molecule has 0 bridgehead atoms. The van der Waals surface area contributed by atoms with E-state index in [4.69, 9.17) is 43.6 Å². The highest BCUT2D eigenvalue weighted by Crippen LogP contribution is 2.28. The van der Waals surface area contributed by atoms with Gasteiger partial charge in [-0.15, -0.1) is 34.8 Å². The minimum Gasteiger partial charge on any atom is -0.463 e. The first-order valence-electron chi connectivity index (χ1n) is 5.13. The van der Waals surface area contributed by atoms with Crippen LogP contribution in [0.5, 0.6) is 0 Å². The molecule has 18 heavy (non-hydrogen) atoms. The Morgan fingerprint density at radius 2 is 1.67 bits per heavy atom. The Morgan fingerprint density at radius 1 is 1.06 bits per heavy atom. The second-order valence-corrected chi connectivity index (χ2v) is 4.54. The molecule has 0 radical (unpaired) electrons. The summed E-state index contributed by atoms with van der Waals surface area (Å²) in [6.07, 6.45) is 0. The predicted molar refractivity (Wildman–Crippen MR) is 69.5 cm³/mol. The fourth-order valence-electron chi connectivity index (χ4n) is 1.44. The van der Waals surface area contributed by atoms with Crippen LogP contribution in [-0.4, -0.2) is 5.78 Å². The summed E-state index contributed by atoms with van der Waals surface area (Å²) in [6, 6.07) is 6.48. The second kappa shape index (κ2) is 5.83. The van der Waals surface area contributed by atoms with Gasteiger partial charge in [0.25, 0.3) is 0 Å². The van der Waals surface area contributed by atoms with Crippen molar-refractivity contribution < 1.29 is 13.6 Å². The monoisotopic (exact) mass is 306 g/mol. The van der Waals surface area contributed by atoms with Crippen LogP contribution in [0, 0.1) is 0 Å². The fourth-order valence-corrected chi connectivity index (χ4v) is 1.95. The van der Waals surface area contributed by atoms with Gasteiger partial charge in [0.05, 0.1) is 11.8 Å². The average molecular weight is 308 g/mol. The zero-order valence-electron chi connectivity index (χ0n) is 9.16. The van der Waals surface area contributed by atoms with Gasteiger partial charge in [-0.2, -0.15) is 0 Å². The first-order valence-corrected chi connectivity index (χ1v) is 6.63. The zero-order valence-corrected chi connectivity index (χ0v) is 11.4. The number of ketones is 1. The number of rotatable bonds is 5. The molecule has 0 aliphatic rings. The van der Waals surface area contributed by atoms with E-state index in [9.17, 15) is 4.79 Å². The fraction of sp³-hybridized carbons (Fsp3) is 0.250. The van der Waals surface area contributed by atoms with Crippen molar-refractivity contribution in [3.8, 4) is 0 Å². The van der Waals surface area contributed by atoms with E-state index < -0.39 is 5.38 Å². The molecule has 3 nitrogen and oxygen atoms in total. The van der Waals surface area contributed by atoms with E-state index in [-0.39, 0.29) is 23.3 Å². The lowest BCUT2D eigenvalue weighted by Crippen LogP contribution is -2.05. The van der Waals surface area contributed by atoms with Gasteiger partial charge in [0, 0.05) is 0 Å². The van der Waals surface area contributed by atoms with Crippen molar-refractivity contribution >= 4 is 40.6 Å². The van der Waals surface area contributed by atoms with Crippen molar-refractivity contribution in [3.63, 3.8) is 0 Å². The van der Waals surface area contributed by atoms with Crippen LogP contribution in [-0.2, 0) is 11.8 Å². The Morgan fingerprint density at radius 3 is 2.22 bits per heavy atom. The van der Waals surface area contributed by atoms with Crippen LogP contribution >= 0.6 is 34.8 Å². The topological polar surface area (TPSA) is 43.4 Å². The number of furan rings is 2. The maximum Gasteiger partial charge on any atom is 0.223 e. The van der Waals surface area contributed by atoms with Crippen LogP contribution in [0.15, 0.2) is 33.1 Å². The van der Waals surface area contributed by atoms with Crippen molar-refractivity contribution in [2.24, 2.45) is 0 Å². The molecule has 0 saturated heterocycles. The summed E-state index contributed by atoms with van der Waals surface area (Å²) in [6.45, 7) is 0. The molecule has 1 atom stereocenters. The van der Waals surface area contributed by atoms with Gasteiger partial charge in [-0.1, -0.05) is 0 Å². The van der Waals surface area contributed by atoms with E-state index in [0.717, 1.165) is 0 Å². The molecular weight excluding hydrogens is 298 g/mol. The molecule has 0 spiro atoms. The van der Waals surface area contributed by atoms with Gasteiger partial charge < -0.3 is 8.83 Å². The van der Waals surface area contributed by atoms with E-state index >= 15 is 0 Å². The van der Waals surface area contributed by atoms with Gasteiger partial charge in [-0.25, -0.2) is 0 Å². The van der Waals surface area contributed by atoms with Crippen LogP contribution in [0.4, 0.5) is 0 Å². The number of hydrogen-bond donors (Lipinski definition) is 0. The van der Waals surface area contributed by atoms with E-state index in [1.807, 2.05) is 0 Å². The Hall–Kier alpha value is -0.900. The van der Waals surface area contributed by atoms with Crippen molar-refractivity contribution in [2.45, 2.75) is 17.1 Å². The molecule has 2 heterocycles. The van der Waals surface area contributed by atoms with E-state index in [0.29, 0.717) is 17.3 Å². The summed E-state index contributed by atoms with van der Waals surface area (Å²) < 4.78 is 10.6. The lowest BCUT2D eigenvalue weighted by molar-refractivity contribution is 0.0952. The maximum atomic E-state index is 12.0. The highest BCUT2D eigenvalue weighted by Gasteiger charge is 2.25. The van der Waals surface area contributed by atoms with Gasteiger partial charge in [-0.3, -0.25) is 4.79 Å². The number of halogens is 3. The van der Waals surface area contributed by atoms with Crippen LogP contribution in [0.1, 0.15) is 33.2 Å². The third-order valence-electron chi connectivity index (χ3n) is 2.33. The highest BCUT2D eigenvalue weighted by molar-refractivity contribution is 6.33. The van der Waals surface area contributed by atoms with E-state index in [1.54, 1.807) is 24.3 Å². The summed E-state index contributed by atoms with van der Waals surface area (Å²) in [4.78, 5) is 12.0. The molecule has 6 heteroatoms. The van der Waals surface area contributed by atoms with Crippen LogP contribution < -0.4 is 0 Å². The third kappa shape index (κ3) is 2.74. The summed E-state index contributed by atoms with van der Waals surface area (Å²) in [7, 11) is 0. The molecule has 0 amide bonds. The molecule has 2 aromatic heterocycles. The first kappa shape index (κ1) is 13.5. The van der Waals surface area contributed by atoms with Gasteiger partial charge in [0.1, 0.15) is 17.3 Å². The predicted octanol–water partition coefficient (Wildman–Crippen LogP) is 4.51. The normalized spacial score (nSPS) is 12.6. The zero-order chi connectivity index (χ0) is 13.1. The number of Topliss-reactive ketones (excluding diaryl/α,β-unsaturated/α-hetero) is 1. The van der Waals surface area contributed by atoms with E-state index in [2.05, 4.69) is 0 Å². The Bertz CT molecular complexity index is 544. The largest absolute Gasteiger partial charge is 0.463 e. The Kier molecular flexibility index (Phi) is 4.38. The second-order valence-electron chi connectivity index (χ2n) is 3.56. The highest BCUT2D eigenvalue weighted by atomic mass is 35.5. The van der Waals surface area contributed by atoms with Crippen molar-refractivity contribution in [2.75, 3.05) is 0 Å². The number of carbonyl (C=O) groups is 1. The number of alkyl halides is 3. The minimum atomic E-state index is -0.934. The van der Waals surface area contributed by atoms with Gasteiger partial charge >= 0.3 is 0 Å². The number of hydrogen-bond acceptors (Lipinski definition) is 3. The maximum absolute atomic E-state index is 12.0. The molecule has 1 unspecified atom stereocenters. The van der Waals surface area contributed by atoms with Gasteiger partial charge in [0.15, 0.2) is 11.1 Å². The molecule has 0 aliphatic carbocycles. The summed E-state index contributed by atoms with van der Waals surface area (Å²) in [5.74, 6) is 1.65.